The molecule has 38 heavy (non-hydrogen) atoms. The van der Waals surface area contributed by atoms with E-state index in [9.17, 15) is 29.7 Å². The molecule has 7 aromatic rings. The summed E-state index contributed by atoms with van der Waals surface area (Å²) in [7, 11) is 3.64. The van der Waals surface area contributed by atoms with Crippen molar-refractivity contribution in [2.45, 2.75) is 0 Å². The summed E-state index contributed by atoms with van der Waals surface area (Å²) in [4.78, 5) is 40.2. The van der Waals surface area contributed by atoms with Crippen LogP contribution < -0.4 is 8.97 Å². The first-order valence-corrected chi connectivity index (χ1v) is 11.5. The third-order valence-corrected chi connectivity index (χ3v) is 7.13. The van der Waals surface area contributed by atoms with E-state index in [2.05, 4.69) is 0 Å². The largest absolute Gasteiger partial charge is 0.478 e. The van der Waals surface area contributed by atoms with Crippen LogP contribution in [0.5, 0.6) is 0 Å². The molecular weight excluding hydrogens is 492 g/mol. The standard InChI is InChI=1S/C26H16N6O6/c1-28-16-7-4-14(23(37)38)11-20(16)32-25(28)31-18-9-12(21(33)34)3-6-15(18)27-24(31)30-17-8-5-13(22(35)36)10-19(17)29(2)26(30)32/h3-11H,1-2H3,(H-2,33,34,35,36,37,38)/p+2. The Balaban J connectivity index is 1.85. The molecule has 4 aromatic heterocycles. The number of aromatic carboxylic acids is 3. The fraction of sp³-hybridized carbons (Fsp3) is 0.0769. The number of aromatic nitrogens is 6. The molecule has 186 valence electrons. The zero-order valence-corrected chi connectivity index (χ0v) is 19.9. The van der Waals surface area contributed by atoms with E-state index >= 15 is 0 Å². The highest BCUT2D eigenvalue weighted by atomic mass is 16.4. The summed E-state index contributed by atoms with van der Waals surface area (Å²) in [5.41, 5.74) is 4.06. The highest BCUT2D eigenvalue weighted by Crippen LogP contribution is 2.26. The molecule has 0 fully saturated rings. The minimum atomic E-state index is -1.08. The van der Waals surface area contributed by atoms with Gasteiger partial charge in [-0.05, 0) is 54.6 Å². The number of carboxylic acids is 3. The molecule has 0 aliphatic heterocycles. The summed E-state index contributed by atoms with van der Waals surface area (Å²) in [5.74, 6) is -1.52. The topological polar surface area (TPSA) is 147 Å². The van der Waals surface area contributed by atoms with Gasteiger partial charge in [-0.15, -0.1) is 13.8 Å². The average Bonchev–Trinajstić information content (AvgIpc) is 3.51. The molecule has 12 nitrogen and oxygen atoms in total. The van der Waals surface area contributed by atoms with Crippen LogP contribution in [0.2, 0.25) is 0 Å². The van der Waals surface area contributed by atoms with Crippen molar-refractivity contribution in [1.29, 1.82) is 0 Å². The first-order chi connectivity index (χ1) is 18.2. The van der Waals surface area contributed by atoms with Crippen LogP contribution in [-0.2, 0) is 14.1 Å². The molecule has 12 heteroatoms. The Hall–Kier alpha value is -5.52. The zero-order chi connectivity index (χ0) is 26.6. The van der Waals surface area contributed by atoms with Crippen molar-refractivity contribution < 1.29 is 38.7 Å². The summed E-state index contributed by atoms with van der Waals surface area (Å²) in [5, 5.41) is 29.0. The Morgan fingerprint density at radius 3 is 1.89 bits per heavy atom. The van der Waals surface area contributed by atoms with Gasteiger partial charge in [0.15, 0.2) is 11.0 Å². The molecule has 0 spiro atoms. The quantitative estimate of drug-likeness (QED) is 0.308. The normalized spacial score (nSPS) is 12.1. The van der Waals surface area contributed by atoms with Gasteiger partial charge in [-0.1, -0.05) is 0 Å². The number of nitrogens with zero attached hydrogens (tertiary/aromatic N) is 6. The predicted molar refractivity (Wildman–Crippen MR) is 133 cm³/mol. The summed E-state index contributed by atoms with van der Waals surface area (Å²) in [6.07, 6.45) is 0. The van der Waals surface area contributed by atoms with Crippen LogP contribution >= 0.6 is 0 Å². The Kier molecular flexibility index (Phi) is 4.02. The lowest BCUT2D eigenvalue weighted by atomic mass is 10.2. The van der Waals surface area contributed by atoms with Crippen LogP contribution in [0.4, 0.5) is 0 Å². The van der Waals surface area contributed by atoms with E-state index in [1.54, 1.807) is 43.4 Å². The molecule has 3 aromatic carbocycles. The first kappa shape index (κ1) is 21.7. The van der Waals surface area contributed by atoms with Gasteiger partial charge in [0, 0.05) is 7.05 Å². The predicted octanol–water partition coefficient (Wildman–Crippen LogP) is 2.04. The van der Waals surface area contributed by atoms with Crippen LogP contribution in [0, 0.1) is 0 Å². The fourth-order valence-electron chi connectivity index (χ4n) is 5.40. The number of hydrogen-bond acceptors (Lipinski definition) is 4. The molecule has 0 saturated heterocycles. The van der Waals surface area contributed by atoms with Crippen molar-refractivity contribution >= 4 is 68.3 Å². The molecule has 4 heterocycles. The van der Waals surface area contributed by atoms with E-state index in [1.807, 2.05) is 29.4 Å². The SMILES string of the molecule is Cn1c2cc(C(=O)O)ccc2[n+]2c3nc4ccc(C(=O)O)cc4n3c3n(c4cc(C(=O)O)ccc4[n+]3C)c12. The van der Waals surface area contributed by atoms with Gasteiger partial charge in [0.05, 0.1) is 23.7 Å². The van der Waals surface area contributed by atoms with E-state index in [-0.39, 0.29) is 16.7 Å². The van der Waals surface area contributed by atoms with E-state index in [0.29, 0.717) is 44.9 Å². The lowest BCUT2D eigenvalue weighted by Gasteiger charge is -1.99. The van der Waals surface area contributed by atoms with Crippen molar-refractivity contribution in [3.8, 4) is 0 Å². The molecular formula is C26H18N6O6+2. The van der Waals surface area contributed by atoms with Gasteiger partial charge in [0.25, 0.3) is 0 Å². The number of fused-ring (bicyclic) bond motifs is 12. The Morgan fingerprint density at radius 1 is 0.711 bits per heavy atom. The fourth-order valence-corrected chi connectivity index (χ4v) is 5.40. The number of hydrogen-bond donors (Lipinski definition) is 3. The van der Waals surface area contributed by atoms with Gasteiger partial charge in [0.1, 0.15) is 22.1 Å². The summed E-state index contributed by atoms with van der Waals surface area (Å²) >= 11 is 0. The van der Waals surface area contributed by atoms with Crippen molar-refractivity contribution in [3.05, 3.63) is 71.3 Å². The number of imidazole rings is 3. The minimum absolute atomic E-state index is 0.0958. The third kappa shape index (κ3) is 2.57. The lowest BCUT2D eigenvalue weighted by Crippen LogP contribution is -2.34. The summed E-state index contributed by atoms with van der Waals surface area (Å²) in [6.45, 7) is 0. The number of carbonyl (C=O) groups is 3. The number of rotatable bonds is 3. The Labute approximate surface area is 211 Å². The van der Waals surface area contributed by atoms with Gasteiger partial charge < -0.3 is 15.3 Å². The second-order valence-electron chi connectivity index (χ2n) is 9.16. The number of carboxylic acid groups (broad SMARTS) is 3. The molecule has 0 unspecified atom stereocenters. The Morgan fingerprint density at radius 2 is 1.26 bits per heavy atom. The van der Waals surface area contributed by atoms with Gasteiger partial charge >= 0.3 is 35.2 Å². The van der Waals surface area contributed by atoms with Crippen molar-refractivity contribution in [2.75, 3.05) is 0 Å². The smallest absolute Gasteiger partial charge is 0.383 e. The average molecular weight is 510 g/mol. The zero-order valence-electron chi connectivity index (χ0n) is 19.9. The molecule has 0 aliphatic rings. The van der Waals surface area contributed by atoms with Gasteiger partial charge in [0.2, 0.25) is 0 Å². The highest BCUT2D eigenvalue weighted by Gasteiger charge is 2.33. The molecule has 0 saturated carbocycles. The molecule has 0 amide bonds. The van der Waals surface area contributed by atoms with E-state index in [1.165, 1.54) is 18.2 Å². The van der Waals surface area contributed by atoms with Crippen molar-refractivity contribution in [2.24, 2.45) is 14.1 Å². The molecule has 3 N–H and O–H groups in total. The summed E-state index contributed by atoms with van der Waals surface area (Å²) < 4.78 is 9.30. The molecule has 7 rings (SSSR count). The highest BCUT2D eigenvalue weighted by molar-refractivity contribution is 5.96. The van der Waals surface area contributed by atoms with Crippen LogP contribution in [0.25, 0.3) is 50.4 Å². The van der Waals surface area contributed by atoms with Crippen LogP contribution in [0.1, 0.15) is 31.1 Å². The minimum Gasteiger partial charge on any atom is -0.478 e. The monoisotopic (exact) mass is 510 g/mol. The number of aryl methyl sites for hydroxylation is 2. The summed E-state index contributed by atoms with van der Waals surface area (Å²) in [6, 6.07) is 14.3. The first-order valence-electron chi connectivity index (χ1n) is 11.5. The Bertz CT molecular complexity index is 2250. The van der Waals surface area contributed by atoms with E-state index < -0.39 is 17.9 Å². The van der Waals surface area contributed by atoms with Gasteiger partial charge in [-0.3, -0.25) is 4.57 Å². The van der Waals surface area contributed by atoms with E-state index in [4.69, 9.17) is 4.98 Å². The van der Waals surface area contributed by atoms with Crippen LogP contribution in [0.3, 0.4) is 0 Å². The van der Waals surface area contributed by atoms with Gasteiger partial charge in [-0.2, -0.15) is 4.40 Å². The van der Waals surface area contributed by atoms with Crippen molar-refractivity contribution in [3.63, 3.8) is 0 Å². The van der Waals surface area contributed by atoms with Crippen LogP contribution in [0.15, 0.2) is 54.6 Å². The molecule has 0 atom stereocenters. The maximum Gasteiger partial charge on any atom is 0.383 e. The molecule has 0 aliphatic carbocycles. The van der Waals surface area contributed by atoms with Crippen molar-refractivity contribution in [1.82, 2.24) is 18.4 Å². The van der Waals surface area contributed by atoms with E-state index in [0.717, 1.165) is 5.52 Å². The maximum absolute atomic E-state index is 11.9. The number of benzene rings is 3. The van der Waals surface area contributed by atoms with Crippen LogP contribution in [-0.4, -0.2) is 51.6 Å². The molecule has 0 radical (unpaired) electrons. The second kappa shape index (κ2) is 7.03. The van der Waals surface area contributed by atoms with Gasteiger partial charge in [-0.25, -0.2) is 19.0 Å². The maximum atomic E-state index is 11.9. The third-order valence-electron chi connectivity index (χ3n) is 7.13. The lowest BCUT2D eigenvalue weighted by molar-refractivity contribution is -0.621. The second-order valence-corrected chi connectivity index (χ2v) is 9.16. The molecule has 0 bridgehead atoms.